The van der Waals surface area contributed by atoms with Crippen LogP contribution in [-0.2, 0) is 14.3 Å². The van der Waals surface area contributed by atoms with E-state index in [2.05, 4.69) is 27.5 Å². The van der Waals surface area contributed by atoms with E-state index in [1.165, 1.54) is 0 Å². The number of rotatable bonds is 9. The number of aromatic nitrogens is 1. The number of anilines is 1. The maximum atomic E-state index is 14.0. The number of amides is 2. The summed E-state index contributed by atoms with van der Waals surface area (Å²) in [4.78, 5) is 50.0. The number of nitrogens with one attached hydrogen (secondary N) is 1. The van der Waals surface area contributed by atoms with Gasteiger partial charge in [-0.2, -0.15) is 0 Å². The fourth-order valence-electron chi connectivity index (χ4n) is 7.07. The fourth-order valence-corrected chi connectivity index (χ4v) is 7.96. The van der Waals surface area contributed by atoms with Gasteiger partial charge in [0.15, 0.2) is 5.13 Å². The first-order chi connectivity index (χ1) is 20.0. The number of hydrogen-bond acceptors (Lipinski definition) is 8. The van der Waals surface area contributed by atoms with Crippen molar-refractivity contribution in [3.63, 3.8) is 0 Å². The van der Waals surface area contributed by atoms with Crippen molar-refractivity contribution in [3.05, 3.63) is 35.2 Å². The number of piperazine rings is 1. The molecule has 1 aromatic carbocycles. The summed E-state index contributed by atoms with van der Waals surface area (Å²) in [6.45, 7) is 5.27. The van der Waals surface area contributed by atoms with Gasteiger partial charge in [-0.05, 0) is 50.8 Å². The average Bonchev–Trinajstić information content (AvgIpc) is 3.81. The molecular weight excluding hydrogens is 538 g/mol. The van der Waals surface area contributed by atoms with Gasteiger partial charge in [-0.3, -0.25) is 9.59 Å². The second kappa shape index (κ2) is 12.6. The molecule has 4 fully saturated rings. The highest BCUT2D eigenvalue weighted by molar-refractivity contribution is 7.14. The lowest BCUT2D eigenvalue weighted by atomic mass is 9.95. The van der Waals surface area contributed by atoms with Crippen molar-refractivity contribution in [1.29, 1.82) is 0 Å². The Morgan fingerprint density at radius 3 is 2.61 bits per heavy atom. The minimum atomic E-state index is -0.541. The Morgan fingerprint density at radius 1 is 1.12 bits per heavy atom. The summed E-state index contributed by atoms with van der Waals surface area (Å²) in [6, 6.07) is 7.06. The smallest absolute Gasteiger partial charge is 0.251 e. The van der Waals surface area contributed by atoms with Crippen molar-refractivity contribution >= 4 is 34.6 Å². The third kappa shape index (κ3) is 6.05. The van der Waals surface area contributed by atoms with Gasteiger partial charge < -0.3 is 29.5 Å². The zero-order chi connectivity index (χ0) is 28.3. The van der Waals surface area contributed by atoms with Crippen molar-refractivity contribution in [2.45, 2.75) is 63.1 Å². The normalized spacial score (nSPS) is 25.8. The Hall–Kier alpha value is -2.82. The summed E-state index contributed by atoms with van der Waals surface area (Å²) < 4.78 is 6.00. The molecule has 1 N–H and O–H groups in total. The second-order valence-corrected chi connectivity index (χ2v) is 12.9. The van der Waals surface area contributed by atoms with Crippen LogP contribution in [0.4, 0.5) is 5.13 Å². The van der Waals surface area contributed by atoms with Crippen LogP contribution in [0, 0.1) is 11.8 Å². The summed E-state index contributed by atoms with van der Waals surface area (Å²) in [5.41, 5.74) is 2.44. The van der Waals surface area contributed by atoms with Crippen molar-refractivity contribution in [1.82, 2.24) is 20.1 Å². The van der Waals surface area contributed by atoms with E-state index in [4.69, 9.17) is 9.72 Å². The molecule has 0 radical (unpaired) electrons. The number of aldehydes is 1. The molecule has 41 heavy (non-hydrogen) atoms. The fraction of sp³-hybridized carbons (Fsp3) is 0.613. The highest BCUT2D eigenvalue weighted by Crippen LogP contribution is 2.38. The van der Waals surface area contributed by atoms with Crippen molar-refractivity contribution in [2.24, 2.45) is 11.8 Å². The molecule has 2 aromatic rings. The van der Waals surface area contributed by atoms with Crippen LogP contribution in [0.1, 0.15) is 55.3 Å². The number of hydrogen-bond donors (Lipinski definition) is 1. The monoisotopic (exact) mass is 579 g/mol. The predicted octanol–water partition coefficient (Wildman–Crippen LogP) is 3.45. The zero-order valence-electron chi connectivity index (χ0n) is 23.9. The Morgan fingerprint density at radius 2 is 1.88 bits per heavy atom. The molecule has 1 aromatic heterocycles. The van der Waals surface area contributed by atoms with E-state index in [1.54, 1.807) is 11.3 Å². The third-order valence-electron chi connectivity index (χ3n) is 9.47. The van der Waals surface area contributed by atoms with Crippen molar-refractivity contribution in [2.75, 3.05) is 51.3 Å². The van der Waals surface area contributed by atoms with Gasteiger partial charge in [0.1, 0.15) is 12.3 Å². The highest BCUT2D eigenvalue weighted by atomic mass is 32.1. The lowest BCUT2D eigenvalue weighted by molar-refractivity contribution is -0.135. The number of thiazole rings is 1. The summed E-state index contributed by atoms with van der Waals surface area (Å²) in [7, 11) is 2.15. The van der Waals surface area contributed by atoms with E-state index in [0.717, 1.165) is 87.4 Å². The molecule has 6 rings (SSSR count). The van der Waals surface area contributed by atoms with Crippen LogP contribution in [0.15, 0.2) is 29.6 Å². The van der Waals surface area contributed by atoms with Crippen LogP contribution in [0.2, 0.25) is 0 Å². The molecule has 220 valence electrons. The van der Waals surface area contributed by atoms with Crippen LogP contribution >= 0.6 is 11.3 Å². The molecule has 1 aliphatic carbocycles. The molecular formula is C31H41N5O4S. The number of likely N-dealkylation sites (tertiary alicyclic amines) is 1. The van der Waals surface area contributed by atoms with E-state index in [0.29, 0.717) is 25.1 Å². The van der Waals surface area contributed by atoms with E-state index in [9.17, 15) is 14.4 Å². The maximum Gasteiger partial charge on any atom is 0.251 e. The predicted molar refractivity (Wildman–Crippen MR) is 159 cm³/mol. The quantitative estimate of drug-likeness (QED) is 0.455. The molecule has 4 heterocycles. The Kier molecular flexibility index (Phi) is 8.69. The lowest BCUT2D eigenvalue weighted by Gasteiger charge is -2.32. The number of carbonyl (C=O) groups excluding carboxylic acids is 3. The summed E-state index contributed by atoms with van der Waals surface area (Å²) in [5.74, 6) is 0.110. The van der Waals surface area contributed by atoms with Gasteiger partial charge in [0.25, 0.3) is 5.91 Å². The number of nitrogens with zero attached hydrogens (tertiary/aromatic N) is 4. The van der Waals surface area contributed by atoms with E-state index < -0.39 is 6.04 Å². The lowest BCUT2D eigenvalue weighted by Crippen LogP contribution is -2.53. The van der Waals surface area contributed by atoms with Gasteiger partial charge >= 0.3 is 0 Å². The largest absolute Gasteiger partial charge is 0.376 e. The zero-order valence-corrected chi connectivity index (χ0v) is 24.7. The number of fused-ring (bicyclic) bond motifs is 1. The van der Waals surface area contributed by atoms with Gasteiger partial charge in [0.05, 0.1) is 17.8 Å². The number of likely N-dealkylation sites (N-methyl/N-ethyl adjacent to an activating group) is 1. The number of carbonyl (C=O) groups is 3. The Labute approximate surface area is 246 Å². The van der Waals surface area contributed by atoms with Gasteiger partial charge in [-0.15, -0.1) is 11.3 Å². The topological polar surface area (TPSA) is 95.1 Å². The van der Waals surface area contributed by atoms with Crippen LogP contribution in [0.25, 0.3) is 11.3 Å². The average molecular weight is 580 g/mol. The summed E-state index contributed by atoms with van der Waals surface area (Å²) in [6.07, 6.45) is 7.03. The third-order valence-corrected chi connectivity index (χ3v) is 10.4. The van der Waals surface area contributed by atoms with E-state index in [1.807, 2.05) is 29.2 Å². The molecule has 0 spiro atoms. The van der Waals surface area contributed by atoms with Crippen molar-refractivity contribution in [3.8, 4) is 11.3 Å². The summed E-state index contributed by atoms with van der Waals surface area (Å²) in [5, 5.41) is 6.27. The van der Waals surface area contributed by atoms with Gasteiger partial charge in [0, 0.05) is 68.2 Å². The van der Waals surface area contributed by atoms with Crippen LogP contribution in [0.3, 0.4) is 0 Å². The summed E-state index contributed by atoms with van der Waals surface area (Å²) >= 11 is 1.66. The first kappa shape index (κ1) is 28.3. The van der Waals surface area contributed by atoms with Crippen LogP contribution in [0.5, 0.6) is 0 Å². The molecule has 3 saturated heterocycles. The van der Waals surface area contributed by atoms with Gasteiger partial charge in [-0.1, -0.05) is 25.0 Å². The Bertz CT molecular complexity index is 1220. The molecule has 4 atom stereocenters. The number of ether oxygens (including phenoxy) is 1. The maximum absolute atomic E-state index is 14.0. The molecule has 2 amide bonds. The van der Waals surface area contributed by atoms with Gasteiger partial charge in [0.2, 0.25) is 5.91 Å². The molecule has 0 bridgehead atoms. The SMILES string of the molecule is CN1CCN(c2nc(-c3ccc(C(=O)N[C@H](C(=O)N4C[C@@H](CCC=O)[C@H]5OCC[C@@H]54)C4CCCC4)cc3)cs2)CC1. The van der Waals surface area contributed by atoms with E-state index in [-0.39, 0.29) is 35.8 Å². The minimum Gasteiger partial charge on any atom is -0.376 e. The molecule has 0 unspecified atom stereocenters. The number of benzene rings is 1. The molecule has 10 heteroatoms. The highest BCUT2D eigenvalue weighted by Gasteiger charge is 2.49. The second-order valence-electron chi connectivity index (χ2n) is 12.1. The van der Waals surface area contributed by atoms with Crippen LogP contribution in [-0.4, -0.2) is 97.5 Å². The Balaban J connectivity index is 1.13. The van der Waals surface area contributed by atoms with Gasteiger partial charge in [-0.25, -0.2) is 4.98 Å². The molecule has 3 aliphatic heterocycles. The molecule has 1 saturated carbocycles. The minimum absolute atomic E-state index is 0.00569. The van der Waals surface area contributed by atoms with Crippen molar-refractivity contribution < 1.29 is 19.1 Å². The first-order valence-electron chi connectivity index (χ1n) is 15.2. The molecule has 9 nitrogen and oxygen atoms in total. The standard InChI is InChI=1S/C31H41N5O4S/c1-34-13-15-35(16-14-34)31-32-25(20-41-31)21-8-10-23(11-9-21)29(38)33-27(22-5-2-3-6-22)30(39)36-19-24(7-4-17-37)28-26(36)12-18-40-28/h8-11,17,20,22,24,26-28H,2-7,12-16,18-19H2,1H3,(H,33,38)/t24-,26+,27+,28-/m1/s1. The first-order valence-corrected chi connectivity index (χ1v) is 16.1. The molecule has 4 aliphatic rings. The van der Waals surface area contributed by atoms with Crippen LogP contribution < -0.4 is 10.2 Å². The van der Waals surface area contributed by atoms with E-state index >= 15 is 0 Å².